The third kappa shape index (κ3) is 5.91. The summed E-state index contributed by atoms with van der Waals surface area (Å²) in [7, 11) is 1.82. The van der Waals surface area contributed by atoms with Crippen molar-refractivity contribution < 1.29 is 18.3 Å². The van der Waals surface area contributed by atoms with Gasteiger partial charge in [-0.15, -0.1) is 6.58 Å². The summed E-state index contributed by atoms with van der Waals surface area (Å²) < 4.78 is 28.4. The molecular formula is C15H20F2N2O2. The number of amides is 1. The van der Waals surface area contributed by atoms with E-state index in [2.05, 4.69) is 16.6 Å². The van der Waals surface area contributed by atoms with Crippen LogP contribution >= 0.6 is 0 Å². The highest BCUT2D eigenvalue weighted by atomic mass is 19.3. The van der Waals surface area contributed by atoms with Crippen molar-refractivity contribution in [2.24, 2.45) is 0 Å². The Morgan fingerprint density at radius 2 is 2.05 bits per heavy atom. The Bertz CT molecular complexity index is 463. The predicted octanol–water partition coefficient (Wildman–Crippen LogP) is 2.41. The molecule has 0 aliphatic heterocycles. The minimum absolute atomic E-state index is 0.0879. The molecule has 0 aliphatic carbocycles. The SMILES string of the molecule is C=CCNC(=O)C(C)N(C)Cc1ccc(OC(F)F)cc1. The average Bonchev–Trinajstić information content (AvgIpc) is 2.45. The summed E-state index contributed by atoms with van der Waals surface area (Å²) in [6, 6.07) is 6.06. The van der Waals surface area contributed by atoms with Crippen molar-refractivity contribution >= 4 is 5.91 Å². The van der Waals surface area contributed by atoms with Crippen molar-refractivity contribution in [1.82, 2.24) is 10.2 Å². The number of rotatable bonds is 8. The number of nitrogens with zero attached hydrogens (tertiary/aromatic N) is 1. The monoisotopic (exact) mass is 298 g/mol. The fourth-order valence-corrected chi connectivity index (χ4v) is 1.72. The number of ether oxygens (including phenoxy) is 1. The highest BCUT2D eigenvalue weighted by Gasteiger charge is 2.17. The molecule has 0 saturated heterocycles. The maximum atomic E-state index is 12.0. The Morgan fingerprint density at radius 1 is 1.43 bits per heavy atom. The standard InChI is InChI=1S/C15H20F2N2O2/c1-4-9-18-14(20)11(2)19(3)10-12-5-7-13(8-6-12)21-15(16)17/h4-8,11,15H,1,9-10H2,2-3H3,(H,18,20). The highest BCUT2D eigenvalue weighted by molar-refractivity contribution is 5.81. The Hall–Kier alpha value is -1.95. The minimum Gasteiger partial charge on any atom is -0.435 e. The van der Waals surface area contributed by atoms with E-state index < -0.39 is 6.61 Å². The molecule has 1 aromatic rings. The molecule has 1 amide bonds. The van der Waals surface area contributed by atoms with E-state index in [1.165, 1.54) is 12.1 Å². The van der Waals surface area contributed by atoms with Crippen molar-refractivity contribution in [3.63, 3.8) is 0 Å². The third-order valence-electron chi connectivity index (χ3n) is 3.04. The summed E-state index contributed by atoms with van der Waals surface area (Å²) in [5.74, 6) is 0.0308. The van der Waals surface area contributed by atoms with Crippen LogP contribution in [0.15, 0.2) is 36.9 Å². The molecule has 0 aliphatic rings. The van der Waals surface area contributed by atoms with Gasteiger partial charge in [0.15, 0.2) is 0 Å². The van der Waals surface area contributed by atoms with Gasteiger partial charge in [-0.25, -0.2) is 0 Å². The summed E-state index contributed by atoms with van der Waals surface area (Å²) in [5.41, 5.74) is 0.905. The molecule has 0 spiro atoms. The Labute approximate surface area is 123 Å². The molecule has 1 atom stereocenters. The average molecular weight is 298 g/mol. The van der Waals surface area contributed by atoms with Crippen LogP contribution in [0.1, 0.15) is 12.5 Å². The van der Waals surface area contributed by atoms with Crippen LogP contribution in [0.3, 0.4) is 0 Å². The molecule has 1 unspecified atom stereocenters. The highest BCUT2D eigenvalue weighted by Crippen LogP contribution is 2.16. The second-order valence-corrected chi connectivity index (χ2v) is 4.65. The first-order chi connectivity index (χ1) is 9.93. The lowest BCUT2D eigenvalue weighted by atomic mass is 10.2. The summed E-state index contributed by atoms with van der Waals surface area (Å²) in [6.45, 7) is 3.46. The fraction of sp³-hybridized carbons (Fsp3) is 0.400. The lowest BCUT2D eigenvalue weighted by Gasteiger charge is -2.23. The van der Waals surface area contributed by atoms with Crippen LogP contribution in [0, 0.1) is 0 Å². The third-order valence-corrected chi connectivity index (χ3v) is 3.04. The van der Waals surface area contributed by atoms with E-state index in [1.54, 1.807) is 25.1 Å². The zero-order valence-corrected chi connectivity index (χ0v) is 12.2. The first kappa shape index (κ1) is 17.1. The molecule has 4 nitrogen and oxygen atoms in total. The van der Waals surface area contributed by atoms with Crippen LogP contribution in [0.4, 0.5) is 8.78 Å². The second kappa shape index (κ2) is 8.36. The van der Waals surface area contributed by atoms with E-state index in [4.69, 9.17) is 0 Å². The van der Waals surface area contributed by atoms with Gasteiger partial charge in [0.05, 0.1) is 6.04 Å². The molecular weight excluding hydrogens is 278 g/mol. The Kier molecular flexibility index (Phi) is 6.81. The van der Waals surface area contributed by atoms with Gasteiger partial charge >= 0.3 is 6.61 Å². The van der Waals surface area contributed by atoms with Crippen LogP contribution < -0.4 is 10.1 Å². The van der Waals surface area contributed by atoms with Gasteiger partial charge in [0.25, 0.3) is 0 Å². The maximum Gasteiger partial charge on any atom is 0.387 e. The summed E-state index contributed by atoms with van der Waals surface area (Å²) in [6.07, 6.45) is 1.62. The van der Waals surface area contributed by atoms with E-state index in [0.717, 1.165) is 5.56 Å². The number of hydrogen-bond donors (Lipinski definition) is 1. The zero-order chi connectivity index (χ0) is 15.8. The van der Waals surface area contributed by atoms with Gasteiger partial charge in [0, 0.05) is 13.1 Å². The van der Waals surface area contributed by atoms with Gasteiger partial charge in [0.2, 0.25) is 5.91 Å². The van der Waals surface area contributed by atoms with E-state index in [1.807, 2.05) is 11.9 Å². The largest absolute Gasteiger partial charge is 0.435 e. The first-order valence-electron chi connectivity index (χ1n) is 6.56. The van der Waals surface area contributed by atoms with Crippen molar-refractivity contribution in [2.75, 3.05) is 13.6 Å². The van der Waals surface area contributed by atoms with Gasteiger partial charge in [-0.1, -0.05) is 18.2 Å². The molecule has 116 valence electrons. The smallest absolute Gasteiger partial charge is 0.387 e. The molecule has 6 heteroatoms. The molecule has 0 bridgehead atoms. The molecule has 1 N–H and O–H groups in total. The summed E-state index contributed by atoms with van der Waals surface area (Å²) >= 11 is 0. The van der Waals surface area contributed by atoms with Crippen LogP contribution in [-0.2, 0) is 11.3 Å². The van der Waals surface area contributed by atoms with Crippen molar-refractivity contribution in [3.05, 3.63) is 42.5 Å². The van der Waals surface area contributed by atoms with Crippen molar-refractivity contribution in [3.8, 4) is 5.75 Å². The van der Waals surface area contributed by atoms with Crippen LogP contribution in [0.2, 0.25) is 0 Å². The van der Waals surface area contributed by atoms with Crippen LogP contribution in [0.5, 0.6) is 5.75 Å². The fourth-order valence-electron chi connectivity index (χ4n) is 1.72. The van der Waals surface area contributed by atoms with Gasteiger partial charge in [-0.05, 0) is 31.7 Å². The Morgan fingerprint density at radius 3 is 2.57 bits per heavy atom. The molecule has 1 aromatic carbocycles. The van der Waals surface area contributed by atoms with Gasteiger partial charge in [-0.2, -0.15) is 8.78 Å². The van der Waals surface area contributed by atoms with E-state index in [-0.39, 0.29) is 17.7 Å². The number of halogens is 2. The van der Waals surface area contributed by atoms with E-state index in [9.17, 15) is 13.6 Å². The Balaban J connectivity index is 2.55. The number of alkyl halides is 2. The minimum atomic E-state index is -2.83. The van der Waals surface area contributed by atoms with Gasteiger partial charge in [0.1, 0.15) is 5.75 Å². The quantitative estimate of drug-likeness (QED) is 0.749. The molecule has 0 saturated carbocycles. The second-order valence-electron chi connectivity index (χ2n) is 4.65. The molecule has 0 radical (unpaired) electrons. The number of hydrogen-bond acceptors (Lipinski definition) is 3. The number of carbonyl (C=O) groups excluding carboxylic acids is 1. The van der Waals surface area contributed by atoms with Crippen LogP contribution in [-0.4, -0.2) is 37.1 Å². The van der Waals surface area contributed by atoms with Gasteiger partial charge in [-0.3, -0.25) is 9.69 Å². The topological polar surface area (TPSA) is 41.6 Å². The van der Waals surface area contributed by atoms with E-state index >= 15 is 0 Å². The molecule has 1 rings (SSSR count). The van der Waals surface area contributed by atoms with Crippen molar-refractivity contribution in [1.29, 1.82) is 0 Å². The lowest BCUT2D eigenvalue weighted by Crippen LogP contribution is -2.42. The zero-order valence-electron chi connectivity index (χ0n) is 12.2. The number of nitrogens with one attached hydrogen (secondary N) is 1. The number of carbonyl (C=O) groups is 1. The van der Waals surface area contributed by atoms with Crippen LogP contribution in [0.25, 0.3) is 0 Å². The first-order valence-corrected chi connectivity index (χ1v) is 6.56. The van der Waals surface area contributed by atoms with Crippen molar-refractivity contribution in [2.45, 2.75) is 26.1 Å². The molecule has 21 heavy (non-hydrogen) atoms. The number of likely N-dealkylation sites (N-methyl/N-ethyl adjacent to an activating group) is 1. The normalized spacial score (nSPS) is 12.3. The molecule has 0 aromatic heterocycles. The summed E-state index contributed by atoms with van der Waals surface area (Å²) in [4.78, 5) is 13.7. The predicted molar refractivity (Wildman–Crippen MR) is 77.2 cm³/mol. The van der Waals surface area contributed by atoms with Gasteiger partial charge < -0.3 is 10.1 Å². The number of benzene rings is 1. The molecule has 0 heterocycles. The molecule has 0 fully saturated rings. The lowest BCUT2D eigenvalue weighted by molar-refractivity contribution is -0.125. The maximum absolute atomic E-state index is 12.0. The van der Waals surface area contributed by atoms with E-state index in [0.29, 0.717) is 13.1 Å². The summed E-state index contributed by atoms with van der Waals surface area (Å²) in [5, 5.41) is 2.73.